The van der Waals surface area contributed by atoms with Crippen molar-refractivity contribution in [2.24, 2.45) is 0 Å². The Hall–Kier alpha value is -1.93. The molecule has 21 heavy (non-hydrogen) atoms. The zero-order valence-corrected chi connectivity index (χ0v) is 13.5. The van der Waals surface area contributed by atoms with Crippen molar-refractivity contribution in [3.63, 3.8) is 0 Å². The van der Waals surface area contributed by atoms with Crippen LogP contribution in [-0.4, -0.2) is 32.6 Å². The zero-order valence-electron chi connectivity index (χ0n) is 11.8. The second kappa shape index (κ2) is 5.82. The van der Waals surface area contributed by atoms with Crippen molar-refractivity contribution in [2.75, 3.05) is 22.9 Å². The third kappa shape index (κ3) is 3.79. The number of anilines is 2. The lowest BCUT2D eigenvalue weighted by molar-refractivity contribution is -0.114. The molecule has 112 valence electrons. The van der Waals surface area contributed by atoms with Crippen LogP contribution >= 0.6 is 11.3 Å². The first kappa shape index (κ1) is 15.5. The van der Waals surface area contributed by atoms with Crippen LogP contribution in [0.3, 0.4) is 0 Å². The SMILES string of the molecule is CC(=O)Nc1nc(-c2ccc(N(C)S(C)(=O)=O)cc2)cs1. The number of thiazole rings is 1. The molecule has 8 heteroatoms. The normalized spacial score (nSPS) is 11.2. The fourth-order valence-corrected chi connectivity index (χ4v) is 2.92. The summed E-state index contributed by atoms with van der Waals surface area (Å²) in [5.74, 6) is -0.166. The topological polar surface area (TPSA) is 79.4 Å². The third-order valence-corrected chi connectivity index (χ3v) is 4.77. The van der Waals surface area contributed by atoms with E-state index in [2.05, 4.69) is 10.3 Å². The molecule has 6 nitrogen and oxygen atoms in total. The number of nitrogens with one attached hydrogen (secondary N) is 1. The number of amides is 1. The number of carbonyl (C=O) groups is 1. The van der Waals surface area contributed by atoms with Crippen LogP contribution in [0.15, 0.2) is 29.6 Å². The van der Waals surface area contributed by atoms with Crippen molar-refractivity contribution >= 4 is 38.1 Å². The minimum absolute atomic E-state index is 0.166. The summed E-state index contributed by atoms with van der Waals surface area (Å²) in [6.45, 7) is 1.43. The first-order valence-corrected chi connectivity index (χ1v) is 8.77. The summed E-state index contributed by atoms with van der Waals surface area (Å²) < 4.78 is 24.1. The molecular formula is C13H15N3O3S2. The predicted molar refractivity (Wildman–Crippen MR) is 85.1 cm³/mol. The number of hydrogen-bond donors (Lipinski definition) is 1. The zero-order chi connectivity index (χ0) is 15.6. The Labute approximate surface area is 127 Å². The molecule has 2 aromatic rings. The highest BCUT2D eigenvalue weighted by Gasteiger charge is 2.12. The molecule has 1 N–H and O–H groups in total. The van der Waals surface area contributed by atoms with Gasteiger partial charge in [0.15, 0.2) is 5.13 Å². The molecule has 1 heterocycles. The van der Waals surface area contributed by atoms with Gasteiger partial charge in [0.05, 0.1) is 17.6 Å². The van der Waals surface area contributed by atoms with Gasteiger partial charge in [-0.25, -0.2) is 13.4 Å². The van der Waals surface area contributed by atoms with Gasteiger partial charge >= 0.3 is 0 Å². The number of benzene rings is 1. The van der Waals surface area contributed by atoms with Crippen molar-refractivity contribution in [1.29, 1.82) is 0 Å². The summed E-state index contributed by atoms with van der Waals surface area (Å²) in [7, 11) is -1.77. The van der Waals surface area contributed by atoms with Crippen molar-refractivity contribution < 1.29 is 13.2 Å². The number of rotatable bonds is 4. The summed E-state index contributed by atoms with van der Waals surface area (Å²) in [5.41, 5.74) is 2.17. The molecular weight excluding hydrogens is 310 g/mol. The van der Waals surface area contributed by atoms with Gasteiger partial charge in [-0.3, -0.25) is 9.10 Å². The molecule has 2 rings (SSSR count). The van der Waals surface area contributed by atoms with Crippen molar-refractivity contribution in [3.8, 4) is 11.3 Å². The highest BCUT2D eigenvalue weighted by atomic mass is 32.2. The van der Waals surface area contributed by atoms with Crippen LogP contribution in [0.4, 0.5) is 10.8 Å². The van der Waals surface area contributed by atoms with E-state index in [0.717, 1.165) is 17.5 Å². The fraction of sp³-hybridized carbons (Fsp3) is 0.231. The number of sulfonamides is 1. The van der Waals surface area contributed by atoms with Crippen LogP contribution < -0.4 is 9.62 Å². The van der Waals surface area contributed by atoms with Gasteiger partial charge in [-0.2, -0.15) is 0 Å². The summed E-state index contributed by atoms with van der Waals surface area (Å²) in [6, 6.07) is 7.02. The lowest BCUT2D eigenvalue weighted by Crippen LogP contribution is -2.24. The van der Waals surface area contributed by atoms with Crippen molar-refractivity contribution in [1.82, 2.24) is 4.98 Å². The number of nitrogens with zero attached hydrogens (tertiary/aromatic N) is 2. The van der Waals surface area contributed by atoms with Gasteiger partial charge < -0.3 is 5.32 Å². The van der Waals surface area contributed by atoms with E-state index < -0.39 is 10.0 Å². The molecule has 1 aromatic carbocycles. The lowest BCUT2D eigenvalue weighted by atomic mass is 10.1. The number of hydrogen-bond acceptors (Lipinski definition) is 5. The fourth-order valence-electron chi connectivity index (χ4n) is 1.65. The van der Waals surface area contributed by atoms with E-state index in [-0.39, 0.29) is 5.91 Å². The van der Waals surface area contributed by atoms with E-state index in [1.54, 1.807) is 24.3 Å². The van der Waals surface area contributed by atoms with E-state index in [9.17, 15) is 13.2 Å². The van der Waals surface area contributed by atoms with Gasteiger partial charge in [0.25, 0.3) is 0 Å². The maximum Gasteiger partial charge on any atom is 0.231 e. The molecule has 0 spiro atoms. The van der Waals surface area contributed by atoms with Crippen LogP contribution in [0, 0.1) is 0 Å². The highest BCUT2D eigenvalue weighted by molar-refractivity contribution is 7.92. The Morgan fingerprint density at radius 2 is 1.90 bits per heavy atom. The minimum atomic E-state index is -3.27. The molecule has 0 bridgehead atoms. The Kier molecular flexibility index (Phi) is 4.29. The first-order chi connectivity index (χ1) is 9.77. The summed E-state index contributed by atoms with van der Waals surface area (Å²) in [4.78, 5) is 15.3. The molecule has 1 aromatic heterocycles. The molecule has 0 atom stereocenters. The maximum atomic E-state index is 11.5. The molecule has 0 fully saturated rings. The van der Waals surface area contributed by atoms with E-state index in [4.69, 9.17) is 0 Å². The number of carbonyl (C=O) groups excluding carboxylic acids is 1. The quantitative estimate of drug-likeness (QED) is 0.934. The molecule has 0 radical (unpaired) electrons. The minimum Gasteiger partial charge on any atom is -0.302 e. The van der Waals surface area contributed by atoms with Crippen molar-refractivity contribution in [3.05, 3.63) is 29.6 Å². The van der Waals surface area contributed by atoms with Crippen LogP contribution in [0.1, 0.15) is 6.92 Å². The lowest BCUT2D eigenvalue weighted by Gasteiger charge is -2.16. The number of aromatic nitrogens is 1. The van der Waals surface area contributed by atoms with E-state index in [1.165, 1.54) is 29.6 Å². The molecule has 0 saturated carbocycles. The Morgan fingerprint density at radius 3 is 2.43 bits per heavy atom. The van der Waals surface area contributed by atoms with Crippen LogP contribution in [0.5, 0.6) is 0 Å². The molecule has 0 aliphatic carbocycles. The van der Waals surface area contributed by atoms with Crippen LogP contribution in [-0.2, 0) is 14.8 Å². The largest absolute Gasteiger partial charge is 0.302 e. The van der Waals surface area contributed by atoms with Gasteiger partial charge in [-0.1, -0.05) is 12.1 Å². The molecule has 0 aliphatic heterocycles. The van der Waals surface area contributed by atoms with E-state index >= 15 is 0 Å². The standard InChI is InChI=1S/C13H15N3O3S2/c1-9(17)14-13-15-12(8-20-13)10-4-6-11(7-5-10)16(2)21(3,18)19/h4-8H,1-3H3,(H,14,15,17). The third-order valence-electron chi connectivity index (χ3n) is 2.81. The maximum absolute atomic E-state index is 11.5. The second-order valence-corrected chi connectivity index (χ2v) is 7.37. The summed E-state index contributed by atoms with van der Waals surface area (Å²) >= 11 is 1.34. The van der Waals surface area contributed by atoms with E-state index in [0.29, 0.717) is 10.8 Å². The predicted octanol–water partition coefficient (Wildman–Crippen LogP) is 2.16. The molecule has 0 aliphatic rings. The smallest absolute Gasteiger partial charge is 0.231 e. The molecule has 0 saturated heterocycles. The van der Waals surface area contributed by atoms with Crippen LogP contribution in [0.25, 0.3) is 11.3 Å². The Morgan fingerprint density at radius 1 is 1.29 bits per heavy atom. The monoisotopic (exact) mass is 325 g/mol. The molecule has 1 amide bonds. The van der Waals surface area contributed by atoms with Gasteiger partial charge in [0.1, 0.15) is 0 Å². The summed E-state index contributed by atoms with van der Waals surface area (Å²) in [5, 5.41) is 5.00. The van der Waals surface area contributed by atoms with E-state index in [1.807, 2.05) is 5.38 Å². The Bertz CT molecular complexity index is 751. The van der Waals surface area contributed by atoms with Gasteiger partial charge in [-0.15, -0.1) is 11.3 Å². The van der Waals surface area contributed by atoms with Gasteiger partial charge in [-0.05, 0) is 12.1 Å². The van der Waals surface area contributed by atoms with Crippen LogP contribution in [0.2, 0.25) is 0 Å². The Balaban J connectivity index is 2.23. The first-order valence-electron chi connectivity index (χ1n) is 6.05. The van der Waals surface area contributed by atoms with Gasteiger partial charge in [0.2, 0.25) is 15.9 Å². The van der Waals surface area contributed by atoms with Gasteiger partial charge in [0, 0.05) is 24.9 Å². The summed E-state index contributed by atoms with van der Waals surface area (Å²) in [6.07, 6.45) is 1.15. The second-order valence-electron chi connectivity index (χ2n) is 4.50. The van der Waals surface area contributed by atoms with Crippen molar-refractivity contribution in [2.45, 2.75) is 6.92 Å². The average Bonchev–Trinajstić information content (AvgIpc) is 2.84. The molecule has 0 unspecified atom stereocenters. The average molecular weight is 325 g/mol. The highest BCUT2D eigenvalue weighted by Crippen LogP contribution is 2.27.